The second kappa shape index (κ2) is 5.66. The average Bonchev–Trinajstić information content (AvgIpc) is 2.25. The van der Waals surface area contributed by atoms with Crippen molar-refractivity contribution in [3.05, 3.63) is 27.2 Å². The number of aryl methyl sites for hydroxylation is 1. The molecule has 0 spiro atoms. The number of rotatable bonds is 4. The summed E-state index contributed by atoms with van der Waals surface area (Å²) in [6, 6.07) is 0.290. The van der Waals surface area contributed by atoms with Crippen LogP contribution in [0.15, 0.2) is 11.0 Å². The Morgan fingerprint density at radius 2 is 1.89 bits per heavy atom. The first-order valence-electron chi connectivity index (χ1n) is 5.28. The number of sulfonamides is 1. The molecule has 0 aromatic heterocycles. The molecule has 0 aliphatic carbocycles. The molecule has 0 aliphatic rings. The fraction of sp³-hybridized carbons (Fsp3) is 0.364. The van der Waals surface area contributed by atoms with Gasteiger partial charge >= 0.3 is 5.97 Å². The monoisotopic (exact) mass is 325 g/mol. The van der Waals surface area contributed by atoms with Crippen molar-refractivity contribution in [3.63, 3.8) is 0 Å². The van der Waals surface area contributed by atoms with Gasteiger partial charge in [-0.1, -0.05) is 23.2 Å². The van der Waals surface area contributed by atoms with Crippen molar-refractivity contribution in [3.8, 4) is 0 Å². The molecule has 0 saturated heterocycles. The minimum absolute atomic E-state index is 0.0342. The molecule has 0 amide bonds. The predicted octanol–water partition coefficient (Wildman–Crippen LogP) is 2.36. The zero-order valence-corrected chi connectivity index (χ0v) is 12.8. The minimum atomic E-state index is -4.06. The van der Waals surface area contributed by atoms with E-state index in [-0.39, 0.29) is 20.5 Å². The van der Waals surface area contributed by atoms with Crippen LogP contribution in [0.2, 0.25) is 10.0 Å². The lowest BCUT2D eigenvalue weighted by molar-refractivity contribution is -0.138. The number of benzene rings is 1. The summed E-state index contributed by atoms with van der Waals surface area (Å²) < 4.78 is 26.4. The van der Waals surface area contributed by atoms with E-state index in [1.54, 1.807) is 13.0 Å². The highest BCUT2D eigenvalue weighted by atomic mass is 35.5. The van der Waals surface area contributed by atoms with E-state index >= 15 is 0 Å². The molecule has 0 bridgehead atoms. The Bertz CT molecular complexity index is 602. The molecular weight excluding hydrogens is 313 g/mol. The van der Waals surface area contributed by atoms with Crippen molar-refractivity contribution in [1.29, 1.82) is 0 Å². The molecule has 1 rings (SSSR count). The number of carboxylic acids is 1. The van der Waals surface area contributed by atoms with E-state index in [4.69, 9.17) is 28.3 Å². The van der Waals surface area contributed by atoms with E-state index in [2.05, 4.69) is 0 Å². The highest BCUT2D eigenvalue weighted by molar-refractivity contribution is 7.89. The van der Waals surface area contributed by atoms with Gasteiger partial charge in [-0.25, -0.2) is 8.42 Å². The number of hydrogen-bond donors (Lipinski definition) is 2. The molecule has 19 heavy (non-hydrogen) atoms. The fourth-order valence-corrected chi connectivity index (χ4v) is 3.88. The van der Waals surface area contributed by atoms with Gasteiger partial charge in [0.1, 0.15) is 10.9 Å². The molecular formula is C11H13Cl2NO4S. The van der Waals surface area contributed by atoms with Crippen LogP contribution in [0.3, 0.4) is 0 Å². The molecule has 0 aliphatic heterocycles. The number of carboxylic acid groups (broad SMARTS) is 1. The number of nitrogens with one attached hydrogen (secondary N) is 1. The second-order valence-electron chi connectivity index (χ2n) is 4.12. The number of hydrogen-bond acceptors (Lipinski definition) is 3. The van der Waals surface area contributed by atoms with Gasteiger partial charge in [-0.05, 0) is 38.0 Å². The van der Waals surface area contributed by atoms with Crippen molar-refractivity contribution in [2.24, 2.45) is 0 Å². The maximum Gasteiger partial charge on any atom is 0.321 e. The van der Waals surface area contributed by atoms with E-state index < -0.39 is 22.0 Å². The van der Waals surface area contributed by atoms with Crippen LogP contribution in [-0.2, 0) is 14.8 Å². The minimum Gasteiger partial charge on any atom is -0.480 e. The summed E-state index contributed by atoms with van der Waals surface area (Å²) >= 11 is 11.9. The van der Waals surface area contributed by atoms with Crippen LogP contribution in [0, 0.1) is 13.8 Å². The third-order valence-corrected chi connectivity index (χ3v) is 5.26. The van der Waals surface area contributed by atoms with Crippen LogP contribution in [0.5, 0.6) is 0 Å². The zero-order valence-electron chi connectivity index (χ0n) is 10.5. The summed E-state index contributed by atoms with van der Waals surface area (Å²) in [5, 5.41) is 9.04. The predicted molar refractivity (Wildman–Crippen MR) is 73.4 cm³/mol. The number of aliphatic carboxylic acids is 1. The maximum absolute atomic E-state index is 12.2. The second-order valence-corrected chi connectivity index (χ2v) is 6.56. The van der Waals surface area contributed by atoms with Crippen LogP contribution < -0.4 is 4.72 Å². The lowest BCUT2D eigenvalue weighted by Gasteiger charge is -2.15. The van der Waals surface area contributed by atoms with Crippen LogP contribution in [0.4, 0.5) is 0 Å². The Hall–Kier alpha value is -0.820. The van der Waals surface area contributed by atoms with E-state index in [0.29, 0.717) is 5.56 Å². The SMILES string of the molecule is Cc1cc(Cl)c(C)c(S(=O)(=O)N[C@@H](C)C(=O)O)c1Cl. The van der Waals surface area contributed by atoms with E-state index in [1.807, 2.05) is 4.72 Å². The Balaban J connectivity index is 3.41. The van der Waals surface area contributed by atoms with E-state index in [0.717, 1.165) is 0 Å². The summed E-state index contributed by atoms with van der Waals surface area (Å²) in [6.07, 6.45) is 0. The molecule has 0 saturated carbocycles. The summed E-state index contributed by atoms with van der Waals surface area (Å²) in [6.45, 7) is 4.35. The topological polar surface area (TPSA) is 83.5 Å². The van der Waals surface area contributed by atoms with Crippen molar-refractivity contribution in [2.75, 3.05) is 0 Å². The Morgan fingerprint density at radius 3 is 2.37 bits per heavy atom. The Kier molecular flexibility index (Phi) is 4.84. The first kappa shape index (κ1) is 16.2. The van der Waals surface area contributed by atoms with Crippen molar-refractivity contribution in [1.82, 2.24) is 4.72 Å². The average molecular weight is 326 g/mol. The molecule has 1 atom stereocenters. The Labute approximate surface area is 121 Å². The first-order chi connectivity index (χ1) is 8.58. The third-order valence-electron chi connectivity index (χ3n) is 2.56. The maximum atomic E-state index is 12.2. The molecule has 0 radical (unpaired) electrons. The van der Waals surface area contributed by atoms with E-state index in [1.165, 1.54) is 13.8 Å². The standard InChI is InChI=1S/C11H13Cl2NO4S/c1-5-4-8(12)6(2)10(9(5)13)19(17,18)14-7(3)11(15)16/h4,7,14H,1-3H3,(H,15,16)/t7-/m0/s1. The van der Waals surface area contributed by atoms with Gasteiger partial charge in [0.05, 0.1) is 5.02 Å². The number of halogens is 2. The lowest BCUT2D eigenvalue weighted by Crippen LogP contribution is -2.38. The van der Waals surface area contributed by atoms with Gasteiger partial charge < -0.3 is 5.11 Å². The highest BCUT2D eigenvalue weighted by Gasteiger charge is 2.27. The quantitative estimate of drug-likeness (QED) is 0.890. The molecule has 2 N–H and O–H groups in total. The van der Waals surface area contributed by atoms with Gasteiger partial charge in [0.25, 0.3) is 0 Å². The third kappa shape index (κ3) is 3.39. The van der Waals surface area contributed by atoms with Gasteiger partial charge in [0.2, 0.25) is 10.0 Å². The molecule has 8 heteroatoms. The lowest BCUT2D eigenvalue weighted by atomic mass is 10.2. The van der Waals surface area contributed by atoms with E-state index in [9.17, 15) is 13.2 Å². The van der Waals surface area contributed by atoms with Crippen molar-refractivity contribution < 1.29 is 18.3 Å². The van der Waals surface area contributed by atoms with Gasteiger partial charge in [-0.2, -0.15) is 4.72 Å². The molecule has 0 unspecified atom stereocenters. The smallest absolute Gasteiger partial charge is 0.321 e. The summed E-state index contributed by atoms with van der Waals surface area (Å²) in [5.74, 6) is -1.28. The molecule has 5 nitrogen and oxygen atoms in total. The fourth-order valence-electron chi connectivity index (χ4n) is 1.48. The summed E-state index contributed by atoms with van der Waals surface area (Å²) in [7, 11) is -4.06. The molecule has 0 heterocycles. The van der Waals surface area contributed by atoms with Crippen molar-refractivity contribution >= 4 is 39.2 Å². The van der Waals surface area contributed by atoms with Gasteiger partial charge in [-0.15, -0.1) is 0 Å². The van der Waals surface area contributed by atoms with Gasteiger partial charge in [0.15, 0.2) is 0 Å². The first-order valence-corrected chi connectivity index (χ1v) is 7.52. The zero-order chi connectivity index (χ0) is 15.0. The summed E-state index contributed by atoms with van der Waals surface area (Å²) in [4.78, 5) is 10.5. The normalized spacial score (nSPS) is 13.3. The highest BCUT2D eigenvalue weighted by Crippen LogP contribution is 2.33. The van der Waals surface area contributed by atoms with Crippen molar-refractivity contribution in [2.45, 2.75) is 31.7 Å². The molecule has 1 aromatic rings. The largest absolute Gasteiger partial charge is 0.480 e. The number of carbonyl (C=O) groups is 1. The van der Waals surface area contributed by atoms with Gasteiger partial charge in [-0.3, -0.25) is 4.79 Å². The summed E-state index contributed by atoms with van der Waals surface area (Å²) in [5.41, 5.74) is 0.781. The molecule has 1 aromatic carbocycles. The van der Waals surface area contributed by atoms with Crippen LogP contribution in [0.25, 0.3) is 0 Å². The molecule has 106 valence electrons. The van der Waals surface area contributed by atoms with Crippen LogP contribution >= 0.6 is 23.2 Å². The Morgan fingerprint density at radius 1 is 1.37 bits per heavy atom. The van der Waals surface area contributed by atoms with Gasteiger partial charge in [0, 0.05) is 5.02 Å². The van der Waals surface area contributed by atoms with Crippen LogP contribution in [0.1, 0.15) is 18.1 Å². The molecule has 0 fully saturated rings. The van der Waals surface area contributed by atoms with Crippen LogP contribution in [-0.4, -0.2) is 25.5 Å².